The lowest BCUT2D eigenvalue weighted by Gasteiger charge is -1.86. The number of pyridine rings is 1. The first-order chi connectivity index (χ1) is 5.40. The normalized spacial score (nSPS) is 9.75. The smallest absolute Gasteiger partial charge is 0.137 e. The van der Waals surface area contributed by atoms with Gasteiger partial charge in [0.2, 0.25) is 0 Å². The average Bonchev–Trinajstić information content (AvgIpc) is 2.46. The molecular weight excluding hydrogens is 176 g/mol. The van der Waals surface area contributed by atoms with E-state index in [0.29, 0.717) is 5.69 Å². The molecule has 0 spiro atoms. The van der Waals surface area contributed by atoms with E-state index in [9.17, 15) is 0 Å². The molecule has 0 amide bonds. The maximum Gasteiger partial charge on any atom is 0.137 e. The van der Waals surface area contributed by atoms with Crippen molar-refractivity contribution in [1.29, 1.82) is 0 Å². The molecule has 0 aliphatic rings. The predicted octanol–water partition coefficient (Wildman–Crippen LogP) is 1.25. The van der Waals surface area contributed by atoms with Gasteiger partial charge in [0, 0.05) is 12.4 Å². The van der Waals surface area contributed by atoms with E-state index in [-0.39, 0.29) is 19.0 Å². The van der Waals surface area contributed by atoms with E-state index in [1.165, 1.54) is 0 Å². The molecule has 2 rings (SSSR count). The first-order valence-corrected chi connectivity index (χ1v) is 3.43. The molecule has 2 aromatic heterocycles. The number of halogens is 1. The highest BCUT2D eigenvalue weighted by Gasteiger charge is 1.96. The molecule has 3 nitrogen and oxygen atoms in total. The number of nitrogens with zero attached hydrogens (tertiary/aromatic N) is 2. The average molecular weight is 185 g/mol. The zero-order valence-electron chi connectivity index (χ0n) is 6.34. The Balaban J connectivity index is 0.000000720. The molecule has 0 saturated heterocycles. The molecule has 0 aliphatic carbocycles. The molecular formula is C8H9ClN2O. The van der Waals surface area contributed by atoms with E-state index in [0.717, 1.165) is 5.65 Å². The SMILES string of the molecule is Cl.OCc1cn2ccccc2n1. The summed E-state index contributed by atoms with van der Waals surface area (Å²) < 4.78 is 1.88. The molecule has 0 aromatic carbocycles. The number of aromatic nitrogens is 2. The van der Waals surface area contributed by atoms with Crippen LogP contribution in [0.3, 0.4) is 0 Å². The van der Waals surface area contributed by atoms with Crippen LogP contribution in [0.2, 0.25) is 0 Å². The molecule has 0 radical (unpaired) electrons. The van der Waals surface area contributed by atoms with Gasteiger partial charge >= 0.3 is 0 Å². The van der Waals surface area contributed by atoms with E-state index in [1.807, 2.05) is 35.0 Å². The molecule has 0 fully saturated rings. The van der Waals surface area contributed by atoms with Gasteiger partial charge in [0.25, 0.3) is 0 Å². The lowest BCUT2D eigenvalue weighted by Crippen LogP contribution is -1.78. The van der Waals surface area contributed by atoms with Crippen LogP contribution in [-0.2, 0) is 6.61 Å². The van der Waals surface area contributed by atoms with Crippen LogP contribution in [0.5, 0.6) is 0 Å². The van der Waals surface area contributed by atoms with Crippen molar-refractivity contribution < 1.29 is 5.11 Å². The van der Waals surface area contributed by atoms with Crippen molar-refractivity contribution in [2.75, 3.05) is 0 Å². The van der Waals surface area contributed by atoms with E-state index in [2.05, 4.69) is 4.98 Å². The number of aliphatic hydroxyl groups excluding tert-OH is 1. The predicted molar refractivity (Wildman–Crippen MR) is 48.4 cm³/mol. The third-order valence-electron chi connectivity index (χ3n) is 1.58. The molecule has 12 heavy (non-hydrogen) atoms. The fourth-order valence-electron chi connectivity index (χ4n) is 1.06. The summed E-state index contributed by atoms with van der Waals surface area (Å²) in [6.45, 7) is 0.00167. The Kier molecular flexibility index (Phi) is 2.68. The number of imidazole rings is 1. The van der Waals surface area contributed by atoms with Gasteiger partial charge in [-0.25, -0.2) is 4.98 Å². The van der Waals surface area contributed by atoms with E-state index in [4.69, 9.17) is 5.11 Å². The van der Waals surface area contributed by atoms with Gasteiger partial charge in [-0.15, -0.1) is 12.4 Å². The zero-order chi connectivity index (χ0) is 7.68. The van der Waals surface area contributed by atoms with Crippen LogP contribution in [0.4, 0.5) is 0 Å². The van der Waals surface area contributed by atoms with Crippen LogP contribution in [0, 0.1) is 0 Å². The molecule has 2 aromatic rings. The van der Waals surface area contributed by atoms with Crippen LogP contribution in [0.25, 0.3) is 5.65 Å². The largest absolute Gasteiger partial charge is 0.390 e. The van der Waals surface area contributed by atoms with Crippen LogP contribution in [0.1, 0.15) is 5.69 Å². The van der Waals surface area contributed by atoms with E-state index in [1.54, 1.807) is 0 Å². The number of aliphatic hydroxyl groups is 1. The molecule has 1 N–H and O–H groups in total. The van der Waals surface area contributed by atoms with Crippen LogP contribution in [-0.4, -0.2) is 14.5 Å². The van der Waals surface area contributed by atoms with Crippen molar-refractivity contribution in [3.63, 3.8) is 0 Å². The molecule has 0 saturated carbocycles. The molecule has 0 bridgehead atoms. The second-order valence-corrected chi connectivity index (χ2v) is 2.36. The minimum atomic E-state index is 0. The Morgan fingerprint density at radius 1 is 1.42 bits per heavy atom. The first kappa shape index (κ1) is 9.03. The third-order valence-corrected chi connectivity index (χ3v) is 1.58. The highest BCUT2D eigenvalue weighted by molar-refractivity contribution is 5.85. The van der Waals surface area contributed by atoms with Gasteiger partial charge in [0.1, 0.15) is 5.65 Å². The fourth-order valence-corrected chi connectivity index (χ4v) is 1.06. The molecule has 0 atom stereocenters. The van der Waals surface area contributed by atoms with Crippen molar-refractivity contribution in [1.82, 2.24) is 9.38 Å². The summed E-state index contributed by atoms with van der Waals surface area (Å²) >= 11 is 0. The molecule has 4 heteroatoms. The quantitative estimate of drug-likeness (QED) is 0.725. The summed E-state index contributed by atoms with van der Waals surface area (Å²) in [5.74, 6) is 0. The Hall–Kier alpha value is -1.06. The monoisotopic (exact) mass is 184 g/mol. The number of fused-ring (bicyclic) bond motifs is 1. The topological polar surface area (TPSA) is 37.5 Å². The van der Waals surface area contributed by atoms with Gasteiger partial charge in [0.05, 0.1) is 12.3 Å². The molecule has 64 valence electrons. The summed E-state index contributed by atoms with van der Waals surface area (Å²) in [7, 11) is 0. The van der Waals surface area contributed by atoms with Gasteiger partial charge in [-0.1, -0.05) is 6.07 Å². The van der Waals surface area contributed by atoms with E-state index < -0.39 is 0 Å². The van der Waals surface area contributed by atoms with E-state index >= 15 is 0 Å². The van der Waals surface area contributed by atoms with Crippen molar-refractivity contribution in [3.05, 3.63) is 36.3 Å². The minimum Gasteiger partial charge on any atom is -0.390 e. The van der Waals surface area contributed by atoms with Crippen LogP contribution in [0.15, 0.2) is 30.6 Å². The Morgan fingerprint density at radius 3 is 2.92 bits per heavy atom. The molecule has 0 unspecified atom stereocenters. The van der Waals surface area contributed by atoms with Crippen molar-refractivity contribution in [2.45, 2.75) is 6.61 Å². The first-order valence-electron chi connectivity index (χ1n) is 3.43. The highest BCUT2D eigenvalue weighted by atomic mass is 35.5. The van der Waals surface area contributed by atoms with Crippen LogP contribution >= 0.6 is 12.4 Å². The van der Waals surface area contributed by atoms with Gasteiger partial charge < -0.3 is 9.51 Å². The summed E-state index contributed by atoms with van der Waals surface area (Å²) in [5.41, 5.74) is 1.58. The van der Waals surface area contributed by atoms with Crippen molar-refractivity contribution >= 4 is 18.1 Å². The third kappa shape index (κ3) is 1.42. The lowest BCUT2D eigenvalue weighted by atomic mass is 10.5. The van der Waals surface area contributed by atoms with Crippen molar-refractivity contribution in [3.8, 4) is 0 Å². The summed E-state index contributed by atoms with van der Waals surface area (Å²) in [4.78, 5) is 4.14. The van der Waals surface area contributed by atoms with Crippen molar-refractivity contribution in [2.24, 2.45) is 0 Å². The fraction of sp³-hybridized carbons (Fsp3) is 0.125. The summed E-state index contributed by atoms with van der Waals surface area (Å²) in [5, 5.41) is 8.76. The minimum absolute atomic E-state index is 0. The second kappa shape index (κ2) is 3.56. The Morgan fingerprint density at radius 2 is 2.25 bits per heavy atom. The Bertz CT molecular complexity index is 339. The van der Waals surface area contributed by atoms with Gasteiger partial charge in [-0.05, 0) is 12.1 Å². The second-order valence-electron chi connectivity index (χ2n) is 2.36. The molecule has 2 heterocycles. The maximum atomic E-state index is 8.76. The van der Waals surface area contributed by atoms with Gasteiger partial charge in [-0.2, -0.15) is 0 Å². The molecule has 0 aliphatic heterocycles. The number of hydrogen-bond donors (Lipinski definition) is 1. The number of hydrogen-bond acceptors (Lipinski definition) is 2. The summed E-state index contributed by atoms with van der Waals surface area (Å²) in [6.07, 6.45) is 3.72. The Labute approximate surface area is 76.1 Å². The standard InChI is InChI=1S/C8H8N2O.ClH/c11-6-7-5-10-4-2-1-3-8(10)9-7;/h1-5,11H,6H2;1H. The zero-order valence-corrected chi connectivity index (χ0v) is 7.16. The summed E-state index contributed by atoms with van der Waals surface area (Å²) in [6, 6.07) is 5.75. The number of rotatable bonds is 1. The van der Waals surface area contributed by atoms with Gasteiger partial charge in [-0.3, -0.25) is 0 Å². The van der Waals surface area contributed by atoms with Gasteiger partial charge in [0.15, 0.2) is 0 Å². The maximum absolute atomic E-state index is 8.76. The van der Waals surface area contributed by atoms with Crippen LogP contribution < -0.4 is 0 Å². The highest BCUT2D eigenvalue weighted by Crippen LogP contribution is 2.03. The lowest BCUT2D eigenvalue weighted by molar-refractivity contribution is 0.277.